The van der Waals surface area contributed by atoms with E-state index in [0.29, 0.717) is 0 Å². The third-order valence-electron chi connectivity index (χ3n) is 13.9. The number of benzene rings is 9. The number of nitrogens with zero attached hydrogens (tertiary/aromatic N) is 1. The summed E-state index contributed by atoms with van der Waals surface area (Å²) in [5.74, 6) is 0. The Hall–Kier alpha value is -7.42. The van der Waals surface area contributed by atoms with Gasteiger partial charge in [0, 0.05) is 38.5 Å². The first-order valence-corrected chi connectivity index (χ1v) is 21.8. The highest BCUT2D eigenvalue weighted by atomic mass is 16.3. The first-order chi connectivity index (χ1) is 30.3. The van der Waals surface area contributed by atoms with Gasteiger partial charge in [0.15, 0.2) is 0 Å². The molecule has 10 aromatic rings. The van der Waals surface area contributed by atoms with Gasteiger partial charge in [-0.2, -0.15) is 0 Å². The maximum absolute atomic E-state index is 6.29. The average molecular weight is 796 g/mol. The predicted octanol–water partition coefficient (Wildman–Crippen LogP) is 16.7. The van der Waals surface area contributed by atoms with Crippen molar-refractivity contribution in [3.05, 3.63) is 222 Å². The first kappa shape index (κ1) is 36.4. The second-order valence-corrected chi connectivity index (χ2v) is 18.1. The molecule has 9 aromatic carbocycles. The van der Waals surface area contributed by atoms with Crippen molar-refractivity contribution in [2.75, 3.05) is 4.90 Å². The maximum atomic E-state index is 6.29. The molecule has 2 aliphatic rings. The van der Waals surface area contributed by atoms with E-state index in [1.165, 1.54) is 66.8 Å². The van der Waals surface area contributed by atoms with Crippen molar-refractivity contribution in [2.45, 2.75) is 38.5 Å². The van der Waals surface area contributed by atoms with Crippen LogP contribution in [0.5, 0.6) is 0 Å². The van der Waals surface area contributed by atoms with Crippen molar-refractivity contribution in [3.8, 4) is 55.6 Å². The Morgan fingerprint density at radius 3 is 1.60 bits per heavy atom. The summed E-state index contributed by atoms with van der Waals surface area (Å²) in [6.45, 7) is 9.45. The summed E-state index contributed by atoms with van der Waals surface area (Å²) in [4.78, 5) is 2.43. The van der Waals surface area contributed by atoms with Crippen molar-refractivity contribution in [1.82, 2.24) is 0 Å². The lowest BCUT2D eigenvalue weighted by atomic mass is 9.79. The third-order valence-corrected chi connectivity index (χ3v) is 13.9. The van der Waals surface area contributed by atoms with E-state index in [2.05, 4.69) is 227 Å². The highest BCUT2D eigenvalue weighted by Gasteiger charge is 2.38. The zero-order valence-electron chi connectivity index (χ0n) is 35.4. The van der Waals surface area contributed by atoms with Crippen LogP contribution in [0.3, 0.4) is 0 Å². The van der Waals surface area contributed by atoms with Crippen LogP contribution in [0.15, 0.2) is 205 Å². The van der Waals surface area contributed by atoms with Crippen molar-refractivity contribution in [3.63, 3.8) is 0 Å². The second kappa shape index (κ2) is 13.5. The molecule has 1 aromatic heterocycles. The Morgan fingerprint density at radius 2 is 0.855 bits per heavy atom. The minimum absolute atomic E-state index is 0.0983. The number of anilines is 3. The molecule has 2 aliphatic carbocycles. The molecule has 0 fully saturated rings. The van der Waals surface area contributed by atoms with Gasteiger partial charge in [0.25, 0.3) is 0 Å². The fourth-order valence-electron chi connectivity index (χ4n) is 10.9. The van der Waals surface area contributed by atoms with E-state index >= 15 is 0 Å². The highest BCUT2D eigenvalue weighted by Crippen LogP contribution is 2.53. The van der Waals surface area contributed by atoms with Crippen LogP contribution in [0.1, 0.15) is 49.9 Å². The van der Waals surface area contributed by atoms with Gasteiger partial charge in [-0.25, -0.2) is 0 Å². The van der Waals surface area contributed by atoms with Gasteiger partial charge in [0.05, 0.1) is 5.69 Å². The number of rotatable bonds is 6. The predicted molar refractivity (Wildman–Crippen MR) is 260 cm³/mol. The molecule has 0 bridgehead atoms. The molecule has 0 spiro atoms. The lowest BCUT2D eigenvalue weighted by Crippen LogP contribution is -2.16. The van der Waals surface area contributed by atoms with E-state index in [0.717, 1.165) is 50.1 Å². The molecule has 0 unspecified atom stereocenters. The number of hydrogen-bond acceptors (Lipinski definition) is 2. The Kier molecular flexibility index (Phi) is 7.96. The van der Waals surface area contributed by atoms with Gasteiger partial charge >= 0.3 is 0 Å². The molecule has 2 heteroatoms. The standard InChI is InChI=1S/C60H45NO/c1-59(2)51-22-9-5-16-46(51)48-36-31-40(37-53(48)59)43-15-7-11-24-54(43)61(41-32-27-38(28-33-41)44-19-14-26-56-57(44)50-18-8-12-25-55(50)62-56)42-34-29-39(30-35-42)45-20-13-21-49-47-17-6-10-23-52(47)60(3,4)58(45)49/h5-37H,1-4H3. The second-order valence-electron chi connectivity index (χ2n) is 18.1. The van der Waals surface area contributed by atoms with E-state index in [1.807, 2.05) is 6.07 Å². The molecule has 2 nitrogen and oxygen atoms in total. The lowest BCUT2D eigenvalue weighted by Gasteiger charge is -2.29. The number of fused-ring (bicyclic) bond motifs is 9. The SMILES string of the molecule is CC1(C)c2ccccc2-c2ccc(-c3ccccc3N(c3ccc(-c4cccc5c4C(C)(C)c4ccccc4-5)cc3)c3ccc(-c4cccc5oc6ccccc6c45)cc3)cc21. The van der Waals surface area contributed by atoms with Crippen LogP contribution in [-0.4, -0.2) is 0 Å². The molecule has 0 saturated heterocycles. The summed E-state index contributed by atoms with van der Waals surface area (Å²) in [6.07, 6.45) is 0. The van der Waals surface area contributed by atoms with E-state index in [4.69, 9.17) is 4.42 Å². The summed E-state index contributed by atoms with van der Waals surface area (Å²) in [7, 11) is 0. The zero-order chi connectivity index (χ0) is 41.7. The minimum atomic E-state index is -0.104. The minimum Gasteiger partial charge on any atom is -0.456 e. The Bertz CT molecular complexity index is 3400. The van der Waals surface area contributed by atoms with E-state index < -0.39 is 0 Å². The molecule has 1 heterocycles. The van der Waals surface area contributed by atoms with Crippen molar-refractivity contribution < 1.29 is 4.42 Å². The average Bonchev–Trinajstić information content (AvgIpc) is 3.90. The van der Waals surface area contributed by atoms with Crippen molar-refractivity contribution >= 4 is 39.0 Å². The van der Waals surface area contributed by atoms with Crippen LogP contribution in [-0.2, 0) is 10.8 Å². The molecule has 62 heavy (non-hydrogen) atoms. The molecule has 0 N–H and O–H groups in total. The summed E-state index contributed by atoms with van der Waals surface area (Å²) >= 11 is 0. The normalized spacial score (nSPS) is 14.1. The van der Waals surface area contributed by atoms with Crippen LogP contribution in [0.4, 0.5) is 17.1 Å². The first-order valence-electron chi connectivity index (χ1n) is 21.8. The fourth-order valence-corrected chi connectivity index (χ4v) is 10.9. The molecule has 0 radical (unpaired) electrons. The molecule has 0 aliphatic heterocycles. The van der Waals surface area contributed by atoms with Crippen LogP contribution in [0, 0.1) is 0 Å². The van der Waals surface area contributed by atoms with E-state index in [9.17, 15) is 0 Å². The Labute approximate surface area is 363 Å². The summed E-state index contributed by atoms with van der Waals surface area (Å²) in [6, 6.07) is 73.5. The topological polar surface area (TPSA) is 16.4 Å². The van der Waals surface area contributed by atoms with E-state index in [1.54, 1.807) is 0 Å². The van der Waals surface area contributed by atoms with Gasteiger partial charge in [-0.15, -0.1) is 0 Å². The van der Waals surface area contributed by atoms with Crippen LogP contribution in [0.25, 0.3) is 77.6 Å². The molecule has 12 rings (SSSR count). The van der Waals surface area contributed by atoms with Crippen LogP contribution >= 0.6 is 0 Å². The monoisotopic (exact) mass is 795 g/mol. The summed E-state index contributed by atoms with van der Waals surface area (Å²) in [5, 5.41) is 2.28. The Morgan fingerprint density at radius 1 is 0.355 bits per heavy atom. The van der Waals surface area contributed by atoms with Gasteiger partial charge in [0.2, 0.25) is 0 Å². The number of furan rings is 1. The fraction of sp³-hybridized carbons (Fsp3) is 0.100. The molecular formula is C60H45NO. The maximum Gasteiger partial charge on any atom is 0.136 e. The van der Waals surface area contributed by atoms with Crippen LogP contribution in [0.2, 0.25) is 0 Å². The Balaban J connectivity index is 0.999. The van der Waals surface area contributed by atoms with Gasteiger partial charge < -0.3 is 9.32 Å². The summed E-state index contributed by atoms with van der Waals surface area (Å²) < 4.78 is 6.29. The van der Waals surface area contributed by atoms with Gasteiger partial charge in [0.1, 0.15) is 11.2 Å². The molecular weight excluding hydrogens is 751 g/mol. The highest BCUT2D eigenvalue weighted by molar-refractivity contribution is 6.12. The van der Waals surface area contributed by atoms with E-state index in [-0.39, 0.29) is 10.8 Å². The van der Waals surface area contributed by atoms with Gasteiger partial charge in [-0.3, -0.25) is 0 Å². The van der Waals surface area contributed by atoms with Gasteiger partial charge in [-0.05, 0) is 121 Å². The molecule has 0 saturated carbocycles. The lowest BCUT2D eigenvalue weighted by molar-refractivity contribution is 0.660. The number of para-hydroxylation sites is 2. The quantitative estimate of drug-likeness (QED) is 0.167. The van der Waals surface area contributed by atoms with Crippen LogP contribution < -0.4 is 4.90 Å². The molecule has 0 amide bonds. The smallest absolute Gasteiger partial charge is 0.136 e. The third kappa shape index (κ3) is 5.36. The van der Waals surface area contributed by atoms with Gasteiger partial charge in [-0.1, -0.05) is 179 Å². The zero-order valence-corrected chi connectivity index (χ0v) is 35.4. The molecule has 296 valence electrons. The summed E-state index contributed by atoms with van der Waals surface area (Å²) in [5.41, 5.74) is 23.0. The van der Waals surface area contributed by atoms with Crippen molar-refractivity contribution in [2.24, 2.45) is 0 Å². The van der Waals surface area contributed by atoms with Crippen molar-refractivity contribution in [1.29, 1.82) is 0 Å². The molecule has 0 atom stereocenters. The number of hydrogen-bond donors (Lipinski definition) is 0. The largest absolute Gasteiger partial charge is 0.456 e.